The van der Waals surface area contributed by atoms with E-state index in [1.807, 2.05) is 38.1 Å². The standard InChI is InChI=1S/C15H22N2O2/c1-15(2,11-5-7-12(16)8-6-11)14(18)17-13-4-3-9-19-10-13/h5-8,13H,3-4,9-10,16H2,1-2H3,(H,17,18). The molecule has 1 saturated heterocycles. The molecule has 19 heavy (non-hydrogen) atoms. The number of amides is 1. The number of carbonyl (C=O) groups is 1. The van der Waals surface area contributed by atoms with Gasteiger partial charge < -0.3 is 15.8 Å². The molecule has 0 saturated carbocycles. The highest BCUT2D eigenvalue weighted by Crippen LogP contribution is 2.24. The van der Waals surface area contributed by atoms with E-state index in [-0.39, 0.29) is 11.9 Å². The number of ether oxygens (including phenoxy) is 1. The van der Waals surface area contributed by atoms with Gasteiger partial charge in [0.2, 0.25) is 5.91 Å². The average Bonchev–Trinajstić information content (AvgIpc) is 2.40. The Morgan fingerprint density at radius 1 is 1.37 bits per heavy atom. The molecule has 104 valence electrons. The van der Waals surface area contributed by atoms with E-state index in [0.29, 0.717) is 12.3 Å². The summed E-state index contributed by atoms with van der Waals surface area (Å²) in [4.78, 5) is 12.4. The Balaban J connectivity index is 2.05. The monoisotopic (exact) mass is 262 g/mol. The summed E-state index contributed by atoms with van der Waals surface area (Å²) in [6.07, 6.45) is 2.00. The maximum absolute atomic E-state index is 12.4. The number of nitrogens with two attached hydrogens (primary N) is 1. The molecule has 1 amide bonds. The zero-order valence-electron chi connectivity index (χ0n) is 11.6. The third-order valence-corrected chi connectivity index (χ3v) is 3.70. The predicted molar refractivity (Wildman–Crippen MR) is 75.9 cm³/mol. The second kappa shape index (κ2) is 5.61. The Morgan fingerprint density at radius 3 is 2.63 bits per heavy atom. The quantitative estimate of drug-likeness (QED) is 0.817. The Morgan fingerprint density at radius 2 is 2.05 bits per heavy atom. The molecule has 1 fully saturated rings. The summed E-state index contributed by atoms with van der Waals surface area (Å²) in [5, 5.41) is 3.08. The number of benzene rings is 1. The first kappa shape index (κ1) is 13.9. The highest BCUT2D eigenvalue weighted by Gasteiger charge is 2.31. The van der Waals surface area contributed by atoms with Gasteiger partial charge in [-0.15, -0.1) is 0 Å². The van der Waals surface area contributed by atoms with Crippen LogP contribution in [0.5, 0.6) is 0 Å². The normalized spacial score (nSPS) is 20.0. The SMILES string of the molecule is CC(C)(C(=O)NC1CCCOC1)c1ccc(N)cc1. The van der Waals surface area contributed by atoms with Crippen LogP contribution in [0.3, 0.4) is 0 Å². The molecule has 1 aliphatic rings. The second-order valence-electron chi connectivity index (χ2n) is 5.63. The van der Waals surface area contributed by atoms with Crippen LogP contribution in [0.15, 0.2) is 24.3 Å². The molecule has 0 spiro atoms. The molecule has 1 aromatic rings. The zero-order chi connectivity index (χ0) is 13.9. The van der Waals surface area contributed by atoms with E-state index in [1.54, 1.807) is 0 Å². The Kier molecular flexibility index (Phi) is 4.10. The van der Waals surface area contributed by atoms with Gasteiger partial charge in [0.25, 0.3) is 0 Å². The fraction of sp³-hybridized carbons (Fsp3) is 0.533. The highest BCUT2D eigenvalue weighted by atomic mass is 16.5. The van der Waals surface area contributed by atoms with Crippen LogP contribution in [0.2, 0.25) is 0 Å². The summed E-state index contributed by atoms with van der Waals surface area (Å²) in [5.74, 6) is 0.0350. The molecule has 4 nitrogen and oxygen atoms in total. The van der Waals surface area contributed by atoms with E-state index < -0.39 is 5.41 Å². The summed E-state index contributed by atoms with van der Waals surface area (Å²) in [5.41, 5.74) is 6.79. The van der Waals surface area contributed by atoms with Gasteiger partial charge in [0.1, 0.15) is 0 Å². The van der Waals surface area contributed by atoms with Crippen LogP contribution in [0.4, 0.5) is 5.69 Å². The minimum absolute atomic E-state index is 0.0350. The minimum Gasteiger partial charge on any atom is -0.399 e. The largest absolute Gasteiger partial charge is 0.399 e. The van der Waals surface area contributed by atoms with Crippen LogP contribution in [0.1, 0.15) is 32.3 Å². The lowest BCUT2D eigenvalue weighted by molar-refractivity contribution is -0.127. The van der Waals surface area contributed by atoms with Crippen molar-refractivity contribution < 1.29 is 9.53 Å². The first-order valence-corrected chi connectivity index (χ1v) is 6.75. The van der Waals surface area contributed by atoms with Crippen molar-refractivity contribution in [2.75, 3.05) is 18.9 Å². The van der Waals surface area contributed by atoms with E-state index in [2.05, 4.69) is 5.32 Å². The van der Waals surface area contributed by atoms with Gasteiger partial charge in [-0.1, -0.05) is 12.1 Å². The first-order chi connectivity index (χ1) is 9.00. The second-order valence-corrected chi connectivity index (χ2v) is 5.63. The van der Waals surface area contributed by atoms with Crippen LogP contribution < -0.4 is 11.1 Å². The van der Waals surface area contributed by atoms with Crippen molar-refractivity contribution in [1.29, 1.82) is 0 Å². The van der Waals surface area contributed by atoms with Crippen molar-refractivity contribution in [3.8, 4) is 0 Å². The number of nitrogen functional groups attached to an aromatic ring is 1. The van der Waals surface area contributed by atoms with Crippen LogP contribution in [-0.4, -0.2) is 25.2 Å². The summed E-state index contributed by atoms with van der Waals surface area (Å²) >= 11 is 0. The lowest BCUT2D eigenvalue weighted by Gasteiger charge is -2.29. The minimum atomic E-state index is -0.564. The molecule has 1 aromatic carbocycles. The van der Waals surface area contributed by atoms with Crippen LogP contribution in [-0.2, 0) is 14.9 Å². The third-order valence-electron chi connectivity index (χ3n) is 3.70. The molecule has 4 heteroatoms. The van der Waals surface area contributed by atoms with Gasteiger partial charge in [-0.3, -0.25) is 4.79 Å². The number of anilines is 1. The maximum Gasteiger partial charge on any atom is 0.230 e. The van der Waals surface area contributed by atoms with Crippen molar-refractivity contribution in [2.24, 2.45) is 0 Å². The van der Waals surface area contributed by atoms with Crippen LogP contribution in [0.25, 0.3) is 0 Å². The van der Waals surface area contributed by atoms with Crippen molar-refractivity contribution in [3.63, 3.8) is 0 Å². The van der Waals surface area contributed by atoms with Crippen molar-refractivity contribution in [1.82, 2.24) is 5.32 Å². The lowest BCUT2D eigenvalue weighted by atomic mass is 9.83. The molecule has 0 aromatic heterocycles. The topological polar surface area (TPSA) is 64.3 Å². The number of hydrogen-bond donors (Lipinski definition) is 2. The molecular formula is C15H22N2O2. The van der Waals surface area contributed by atoms with E-state index in [1.165, 1.54) is 0 Å². The molecule has 1 heterocycles. The molecule has 0 aliphatic carbocycles. The van der Waals surface area contributed by atoms with E-state index in [0.717, 1.165) is 25.0 Å². The van der Waals surface area contributed by atoms with E-state index in [9.17, 15) is 4.79 Å². The number of hydrogen-bond acceptors (Lipinski definition) is 3. The smallest absolute Gasteiger partial charge is 0.230 e. The molecule has 3 N–H and O–H groups in total. The average molecular weight is 262 g/mol. The molecular weight excluding hydrogens is 240 g/mol. The molecule has 0 bridgehead atoms. The van der Waals surface area contributed by atoms with Crippen molar-refractivity contribution in [3.05, 3.63) is 29.8 Å². The van der Waals surface area contributed by atoms with Gasteiger partial charge in [-0.05, 0) is 44.4 Å². The first-order valence-electron chi connectivity index (χ1n) is 6.75. The summed E-state index contributed by atoms with van der Waals surface area (Å²) in [6.45, 7) is 5.27. The van der Waals surface area contributed by atoms with Crippen LogP contribution in [0, 0.1) is 0 Å². The zero-order valence-corrected chi connectivity index (χ0v) is 11.6. The van der Waals surface area contributed by atoms with Gasteiger partial charge in [-0.25, -0.2) is 0 Å². The molecule has 1 unspecified atom stereocenters. The predicted octanol–water partition coefficient (Wildman–Crippen LogP) is 1.84. The highest BCUT2D eigenvalue weighted by molar-refractivity contribution is 5.87. The number of nitrogens with one attached hydrogen (secondary N) is 1. The Bertz CT molecular complexity index is 434. The molecule has 2 rings (SSSR count). The fourth-order valence-electron chi connectivity index (χ4n) is 2.25. The van der Waals surface area contributed by atoms with Crippen LogP contribution >= 0.6 is 0 Å². The van der Waals surface area contributed by atoms with Crippen molar-refractivity contribution in [2.45, 2.75) is 38.1 Å². The van der Waals surface area contributed by atoms with Gasteiger partial charge >= 0.3 is 0 Å². The molecule has 1 atom stereocenters. The number of carbonyl (C=O) groups excluding carboxylic acids is 1. The summed E-state index contributed by atoms with van der Waals surface area (Å²) in [6, 6.07) is 7.61. The lowest BCUT2D eigenvalue weighted by Crippen LogP contribution is -2.48. The Labute approximate surface area is 114 Å². The molecule has 0 radical (unpaired) electrons. The molecule has 1 aliphatic heterocycles. The van der Waals surface area contributed by atoms with Gasteiger partial charge in [-0.2, -0.15) is 0 Å². The summed E-state index contributed by atoms with van der Waals surface area (Å²) < 4.78 is 5.39. The number of rotatable bonds is 3. The Hall–Kier alpha value is -1.55. The van der Waals surface area contributed by atoms with Gasteiger partial charge in [0, 0.05) is 12.3 Å². The third kappa shape index (κ3) is 3.26. The summed E-state index contributed by atoms with van der Waals surface area (Å²) in [7, 11) is 0. The van der Waals surface area contributed by atoms with Gasteiger partial charge in [0.05, 0.1) is 18.1 Å². The van der Waals surface area contributed by atoms with Crippen molar-refractivity contribution >= 4 is 11.6 Å². The van der Waals surface area contributed by atoms with E-state index in [4.69, 9.17) is 10.5 Å². The fourth-order valence-corrected chi connectivity index (χ4v) is 2.25. The maximum atomic E-state index is 12.4. The van der Waals surface area contributed by atoms with E-state index >= 15 is 0 Å². The van der Waals surface area contributed by atoms with Gasteiger partial charge in [0.15, 0.2) is 0 Å².